The smallest absolute Gasteiger partial charge is 0.224 e. The highest BCUT2D eigenvalue weighted by atomic mass is 19.1. The van der Waals surface area contributed by atoms with Crippen molar-refractivity contribution in [3.63, 3.8) is 0 Å². The SMILES string of the molecule is CC(C)CC(=O)Nc1cncc(-c2cnc3[nH]nc(-c4nc5c(-c6ccc(F)cc6)cccc5[nH]4)c3c2)c1. The minimum atomic E-state index is -0.284. The lowest BCUT2D eigenvalue weighted by molar-refractivity contribution is -0.116. The van der Waals surface area contributed by atoms with E-state index in [4.69, 9.17) is 4.98 Å². The number of hydrogen-bond acceptors (Lipinski definition) is 5. The molecule has 2 aromatic carbocycles. The van der Waals surface area contributed by atoms with E-state index in [0.29, 0.717) is 29.3 Å². The Morgan fingerprint density at radius 2 is 1.82 bits per heavy atom. The highest BCUT2D eigenvalue weighted by molar-refractivity contribution is 5.97. The van der Waals surface area contributed by atoms with Crippen molar-refractivity contribution in [3.8, 4) is 33.8 Å². The van der Waals surface area contributed by atoms with Crippen LogP contribution in [0.2, 0.25) is 0 Å². The summed E-state index contributed by atoms with van der Waals surface area (Å²) in [6.07, 6.45) is 5.55. The van der Waals surface area contributed by atoms with Gasteiger partial charge < -0.3 is 10.3 Å². The summed E-state index contributed by atoms with van der Waals surface area (Å²) in [5.74, 6) is 0.526. The summed E-state index contributed by atoms with van der Waals surface area (Å²) < 4.78 is 13.5. The quantitative estimate of drug-likeness (QED) is 0.244. The minimum Gasteiger partial charge on any atom is -0.337 e. The summed E-state index contributed by atoms with van der Waals surface area (Å²) in [5.41, 5.74) is 6.91. The van der Waals surface area contributed by atoms with Gasteiger partial charge in [-0.1, -0.05) is 38.1 Å². The van der Waals surface area contributed by atoms with E-state index in [1.54, 1.807) is 30.7 Å². The second kappa shape index (κ2) is 9.51. The summed E-state index contributed by atoms with van der Waals surface area (Å²) in [6, 6.07) is 16.1. The maximum Gasteiger partial charge on any atom is 0.224 e. The van der Waals surface area contributed by atoms with Crippen LogP contribution in [-0.4, -0.2) is 36.0 Å². The number of amides is 1. The minimum absolute atomic E-state index is 0.0467. The number of para-hydroxylation sites is 1. The number of H-pyrrole nitrogens is 2. The predicted molar refractivity (Wildman–Crippen MR) is 146 cm³/mol. The van der Waals surface area contributed by atoms with Crippen molar-refractivity contribution in [1.29, 1.82) is 0 Å². The van der Waals surface area contributed by atoms with Crippen LogP contribution in [0, 0.1) is 11.7 Å². The van der Waals surface area contributed by atoms with Gasteiger partial charge in [0.05, 0.1) is 28.3 Å². The summed E-state index contributed by atoms with van der Waals surface area (Å²) in [6.45, 7) is 4.01. The van der Waals surface area contributed by atoms with Crippen LogP contribution in [0.25, 0.3) is 55.8 Å². The van der Waals surface area contributed by atoms with E-state index in [2.05, 4.69) is 30.5 Å². The Bertz CT molecular complexity index is 1790. The average molecular weight is 506 g/mol. The molecule has 4 heterocycles. The Balaban J connectivity index is 1.38. The number of carbonyl (C=O) groups excluding carboxylic acids is 1. The topological polar surface area (TPSA) is 112 Å². The number of benzene rings is 2. The van der Waals surface area contributed by atoms with Gasteiger partial charge in [-0.15, -0.1) is 0 Å². The third-order valence-corrected chi connectivity index (χ3v) is 6.26. The van der Waals surface area contributed by atoms with E-state index in [9.17, 15) is 9.18 Å². The Kier molecular flexibility index (Phi) is 5.88. The number of carbonyl (C=O) groups is 1. The molecular formula is C29H24FN7O. The molecule has 0 saturated heterocycles. The van der Waals surface area contributed by atoms with Gasteiger partial charge in [-0.2, -0.15) is 5.10 Å². The molecule has 0 saturated carbocycles. The molecule has 1 amide bonds. The van der Waals surface area contributed by atoms with Crippen LogP contribution in [0.1, 0.15) is 20.3 Å². The number of fused-ring (bicyclic) bond motifs is 2. The summed E-state index contributed by atoms with van der Waals surface area (Å²) in [5, 5.41) is 11.2. The zero-order chi connectivity index (χ0) is 26.2. The van der Waals surface area contributed by atoms with Gasteiger partial charge in [0.2, 0.25) is 5.91 Å². The highest BCUT2D eigenvalue weighted by Crippen LogP contribution is 2.32. The molecule has 8 nitrogen and oxygen atoms in total. The van der Waals surface area contributed by atoms with Crippen LogP contribution in [0.3, 0.4) is 0 Å². The number of nitrogens with one attached hydrogen (secondary N) is 3. The number of hydrogen-bond donors (Lipinski definition) is 3. The molecule has 0 aliphatic carbocycles. The molecule has 0 unspecified atom stereocenters. The van der Waals surface area contributed by atoms with Gasteiger partial charge in [0.1, 0.15) is 11.5 Å². The fraction of sp³-hybridized carbons (Fsp3) is 0.138. The molecule has 0 aliphatic rings. The third kappa shape index (κ3) is 4.50. The number of pyridine rings is 2. The molecule has 0 spiro atoms. The van der Waals surface area contributed by atoms with Crippen LogP contribution < -0.4 is 5.32 Å². The Hall–Kier alpha value is -4.92. The molecule has 0 radical (unpaired) electrons. The van der Waals surface area contributed by atoms with Gasteiger partial charge >= 0.3 is 0 Å². The molecule has 0 aliphatic heterocycles. The fourth-order valence-electron chi connectivity index (χ4n) is 4.50. The van der Waals surface area contributed by atoms with Crippen LogP contribution in [0.5, 0.6) is 0 Å². The van der Waals surface area contributed by atoms with Crippen molar-refractivity contribution in [2.24, 2.45) is 5.92 Å². The number of aromatic amines is 2. The van der Waals surface area contributed by atoms with Crippen molar-refractivity contribution in [1.82, 2.24) is 30.1 Å². The van der Waals surface area contributed by atoms with E-state index in [-0.39, 0.29) is 17.6 Å². The molecule has 6 aromatic rings. The number of rotatable bonds is 6. The fourth-order valence-corrected chi connectivity index (χ4v) is 4.50. The lowest BCUT2D eigenvalue weighted by Gasteiger charge is -2.08. The first-order valence-electron chi connectivity index (χ1n) is 12.3. The summed E-state index contributed by atoms with van der Waals surface area (Å²) >= 11 is 0. The molecule has 38 heavy (non-hydrogen) atoms. The van der Waals surface area contributed by atoms with Gasteiger partial charge in [0.25, 0.3) is 0 Å². The molecule has 188 valence electrons. The van der Waals surface area contributed by atoms with Gasteiger partial charge in [-0.05, 0) is 41.8 Å². The van der Waals surface area contributed by atoms with E-state index >= 15 is 0 Å². The van der Waals surface area contributed by atoms with Crippen molar-refractivity contribution >= 4 is 33.7 Å². The summed E-state index contributed by atoms with van der Waals surface area (Å²) in [4.78, 5) is 29.3. The second-order valence-corrected chi connectivity index (χ2v) is 9.59. The summed E-state index contributed by atoms with van der Waals surface area (Å²) in [7, 11) is 0. The number of imidazole rings is 1. The van der Waals surface area contributed by atoms with Gasteiger partial charge in [-0.3, -0.25) is 14.9 Å². The average Bonchev–Trinajstić information content (AvgIpc) is 3.52. The number of nitrogens with zero attached hydrogens (tertiary/aromatic N) is 4. The molecule has 0 bridgehead atoms. The molecule has 6 rings (SSSR count). The largest absolute Gasteiger partial charge is 0.337 e. The van der Waals surface area contributed by atoms with Crippen molar-refractivity contribution in [3.05, 3.63) is 79.0 Å². The molecule has 3 N–H and O–H groups in total. The van der Waals surface area contributed by atoms with Crippen LogP contribution in [0.4, 0.5) is 10.1 Å². The van der Waals surface area contributed by atoms with E-state index < -0.39 is 0 Å². The first-order chi connectivity index (χ1) is 18.4. The molecule has 0 atom stereocenters. The maximum absolute atomic E-state index is 13.5. The van der Waals surface area contributed by atoms with Gasteiger partial charge in [0, 0.05) is 35.5 Å². The Morgan fingerprint density at radius 1 is 1.00 bits per heavy atom. The van der Waals surface area contributed by atoms with Crippen molar-refractivity contribution < 1.29 is 9.18 Å². The monoisotopic (exact) mass is 505 g/mol. The normalized spacial score (nSPS) is 11.5. The number of halogens is 1. The lowest BCUT2D eigenvalue weighted by atomic mass is 10.0. The van der Waals surface area contributed by atoms with E-state index in [1.807, 2.05) is 44.2 Å². The first-order valence-corrected chi connectivity index (χ1v) is 12.3. The maximum atomic E-state index is 13.5. The highest BCUT2D eigenvalue weighted by Gasteiger charge is 2.17. The number of aromatic nitrogens is 6. The van der Waals surface area contributed by atoms with Crippen molar-refractivity contribution in [2.75, 3.05) is 5.32 Å². The molecule has 9 heteroatoms. The Morgan fingerprint density at radius 3 is 2.63 bits per heavy atom. The first kappa shape index (κ1) is 23.5. The van der Waals surface area contributed by atoms with Crippen molar-refractivity contribution in [2.45, 2.75) is 20.3 Å². The van der Waals surface area contributed by atoms with E-state index in [0.717, 1.165) is 38.7 Å². The molecule has 4 aromatic heterocycles. The van der Waals surface area contributed by atoms with Crippen LogP contribution in [0.15, 0.2) is 73.2 Å². The molecule has 0 fully saturated rings. The Labute approximate surface area is 217 Å². The second-order valence-electron chi connectivity index (χ2n) is 9.59. The molecular weight excluding hydrogens is 481 g/mol. The zero-order valence-corrected chi connectivity index (χ0v) is 20.8. The van der Waals surface area contributed by atoms with Crippen LogP contribution in [-0.2, 0) is 4.79 Å². The van der Waals surface area contributed by atoms with Gasteiger partial charge in [-0.25, -0.2) is 14.4 Å². The zero-order valence-electron chi connectivity index (χ0n) is 20.8. The standard InChI is InChI=1S/C29H24FN7O/c1-16(2)10-25(38)33-21-11-18(13-31-15-21)19-12-23-27(36-37-28(23)32-14-19)29-34-24-5-3-4-22(26(24)35-29)17-6-8-20(30)9-7-17/h3-9,11-16H,10H2,1-2H3,(H,33,38)(H,34,35)(H,32,36,37). The van der Waals surface area contributed by atoms with Gasteiger partial charge in [0.15, 0.2) is 11.5 Å². The predicted octanol–water partition coefficient (Wildman–Crippen LogP) is 6.35. The van der Waals surface area contributed by atoms with Crippen LogP contribution >= 0.6 is 0 Å². The third-order valence-electron chi connectivity index (χ3n) is 6.26. The number of anilines is 1. The lowest BCUT2D eigenvalue weighted by Crippen LogP contribution is -2.13. The van der Waals surface area contributed by atoms with E-state index in [1.165, 1.54) is 12.1 Å².